The Hall–Kier alpha value is -4.84. The first-order valence-corrected chi connectivity index (χ1v) is 26.6. The summed E-state index contributed by atoms with van der Waals surface area (Å²) >= 11 is 3.94. The van der Waals surface area contributed by atoms with Crippen LogP contribution >= 0.6 is 22.7 Å². The molecule has 12 rings (SSSR count). The summed E-state index contributed by atoms with van der Waals surface area (Å²) in [6.07, 6.45) is 4.78. The molecule has 3 aromatic heterocycles. The molecule has 1 aliphatic heterocycles. The van der Waals surface area contributed by atoms with Crippen LogP contribution in [0.3, 0.4) is 0 Å². The van der Waals surface area contributed by atoms with Gasteiger partial charge in [-0.05, 0) is 168 Å². The van der Waals surface area contributed by atoms with Gasteiger partial charge in [-0.1, -0.05) is 127 Å². The number of aromatic amines is 1. The highest BCUT2D eigenvalue weighted by molar-refractivity contribution is 7.29. The Kier molecular flexibility index (Phi) is 9.02. The third kappa shape index (κ3) is 6.45. The molecule has 0 bridgehead atoms. The van der Waals surface area contributed by atoms with E-state index >= 15 is 0 Å². The van der Waals surface area contributed by atoms with Crippen LogP contribution in [0.2, 0.25) is 0 Å². The maximum atomic E-state index is 4.07. The first kappa shape index (κ1) is 43.4. The molecule has 0 saturated carbocycles. The lowest BCUT2D eigenvalue weighted by Gasteiger charge is -2.43. The number of benzene rings is 6. The van der Waals surface area contributed by atoms with Crippen molar-refractivity contribution in [3.05, 3.63) is 124 Å². The molecule has 4 heterocycles. The molecular weight excluding hydrogens is 848 g/mol. The first-order chi connectivity index (χ1) is 31.4. The van der Waals surface area contributed by atoms with Crippen LogP contribution in [0.4, 0.5) is 17.1 Å². The predicted octanol–water partition coefficient (Wildman–Crippen LogP) is 17.3. The van der Waals surface area contributed by atoms with E-state index in [4.69, 9.17) is 0 Å². The van der Waals surface area contributed by atoms with Gasteiger partial charge in [-0.15, -0.1) is 22.7 Å². The molecule has 0 saturated heterocycles. The summed E-state index contributed by atoms with van der Waals surface area (Å²) in [6, 6.07) is 36.6. The lowest BCUT2D eigenvalue weighted by atomic mass is 9.60. The summed E-state index contributed by atoms with van der Waals surface area (Å²) in [5, 5.41) is 6.67. The Bertz CT molecular complexity index is 3590. The highest BCUT2D eigenvalue weighted by Crippen LogP contribution is 2.54. The van der Waals surface area contributed by atoms with Crippen LogP contribution < -0.4 is 15.1 Å². The van der Waals surface area contributed by atoms with Crippen molar-refractivity contribution < 1.29 is 0 Å². The molecule has 2 nitrogen and oxygen atoms in total. The van der Waals surface area contributed by atoms with E-state index in [-0.39, 0.29) is 32.5 Å². The van der Waals surface area contributed by atoms with E-state index < -0.39 is 0 Å². The maximum absolute atomic E-state index is 4.07. The number of hydrogen-bond donors (Lipinski definition) is 1. The molecule has 0 amide bonds. The van der Waals surface area contributed by atoms with Crippen molar-refractivity contribution in [2.24, 2.45) is 0 Å². The van der Waals surface area contributed by atoms with Gasteiger partial charge in [-0.3, -0.25) is 0 Å². The zero-order valence-corrected chi connectivity index (χ0v) is 44.0. The van der Waals surface area contributed by atoms with E-state index in [9.17, 15) is 0 Å². The lowest BCUT2D eigenvalue weighted by Crippen LogP contribution is -2.40. The van der Waals surface area contributed by atoms with Crippen molar-refractivity contribution in [1.82, 2.24) is 4.98 Å². The highest BCUT2D eigenvalue weighted by atomic mass is 32.1. The van der Waals surface area contributed by atoms with Gasteiger partial charge in [0.25, 0.3) is 0 Å². The molecule has 0 spiro atoms. The SMILES string of the molecule is CC(C)(C)c1ccc2[nH]c3c(-c4c5c(cc6sc7ccccc7c46)N(c4ccc6c(c4)C(C)(C)CCC6(C)C)c4c(sc6cc7c(cc46)C(C)(C)CCC7(C)C)[B]5)cc(C(C)(C)C)cc3c2c1. The number of nitrogens with zero attached hydrogens (tertiary/aromatic N) is 1. The number of rotatable bonds is 2. The highest BCUT2D eigenvalue weighted by Gasteiger charge is 2.42. The normalized spacial score (nSPS) is 18.3. The van der Waals surface area contributed by atoms with E-state index in [0.29, 0.717) is 0 Å². The van der Waals surface area contributed by atoms with Crippen LogP contribution in [0, 0.1) is 0 Å². The van der Waals surface area contributed by atoms with Crippen LogP contribution in [0.1, 0.15) is 156 Å². The third-order valence-electron chi connectivity index (χ3n) is 16.9. The second-order valence-corrected chi connectivity index (χ2v) is 27.6. The van der Waals surface area contributed by atoms with Crippen LogP contribution in [-0.2, 0) is 32.5 Å². The summed E-state index contributed by atoms with van der Waals surface area (Å²) in [6.45, 7) is 33.9. The summed E-state index contributed by atoms with van der Waals surface area (Å²) in [5.74, 6) is 0. The minimum Gasteiger partial charge on any atom is -0.354 e. The summed E-state index contributed by atoms with van der Waals surface area (Å²) in [7, 11) is 2.60. The molecule has 3 aliphatic rings. The van der Waals surface area contributed by atoms with Crippen molar-refractivity contribution >= 4 is 109 Å². The van der Waals surface area contributed by atoms with E-state index in [0.717, 1.165) is 0 Å². The number of aromatic nitrogens is 1. The Morgan fingerprint density at radius 1 is 0.537 bits per heavy atom. The lowest BCUT2D eigenvalue weighted by molar-refractivity contribution is 0.332. The number of hydrogen-bond acceptors (Lipinski definition) is 3. The molecular formula is C62H66BN2S2. The standard InChI is InChI=1S/C62H66BN2S2/c1-57(2,3)34-19-22-46-38(27-34)39-28-35(58(4,5)6)29-41(54(39)64-46)52-51-37-17-15-16-18-48(37)66-50(51)33-47-53(52)63-56-55(40-31-44-45(32-49(40)67-56)62(13,14)26-25-61(44,11)12)65(47)36-20-21-42-43(30-36)60(9,10)24-23-59(42,7)8/h15-22,27-33,64H,23-26H2,1-14H3. The topological polar surface area (TPSA) is 19.0 Å². The van der Waals surface area contributed by atoms with Crippen molar-refractivity contribution in [3.8, 4) is 11.1 Å². The van der Waals surface area contributed by atoms with Gasteiger partial charge in [0.15, 0.2) is 0 Å². The average molecular weight is 914 g/mol. The van der Waals surface area contributed by atoms with Crippen LogP contribution in [-0.4, -0.2) is 12.3 Å². The number of nitrogens with one attached hydrogen (secondary N) is 1. The fourth-order valence-electron chi connectivity index (χ4n) is 12.3. The molecule has 2 aliphatic carbocycles. The van der Waals surface area contributed by atoms with Crippen molar-refractivity contribution in [2.75, 3.05) is 4.90 Å². The fourth-order valence-corrected chi connectivity index (χ4v) is 14.6. The minimum absolute atomic E-state index is 0.0370. The zero-order valence-electron chi connectivity index (χ0n) is 42.3. The molecule has 1 N–H and O–H groups in total. The van der Waals surface area contributed by atoms with Gasteiger partial charge in [0.1, 0.15) is 0 Å². The molecule has 67 heavy (non-hydrogen) atoms. The number of H-pyrrole nitrogens is 1. The van der Waals surface area contributed by atoms with Crippen molar-refractivity contribution in [2.45, 2.75) is 155 Å². The molecule has 6 aromatic carbocycles. The molecule has 0 unspecified atom stereocenters. The number of fused-ring (bicyclic) bond motifs is 12. The average Bonchev–Trinajstić information content (AvgIpc) is 3.94. The number of anilines is 3. The first-order valence-electron chi connectivity index (χ1n) is 24.9. The van der Waals surface area contributed by atoms with Crippen LogP contribution in [0.25, 0.3) is 63.2 Å². The van der Waals surface area contributed by atoms with Crippen molar-refractivity contribution in [1.29, 1.82) is 0 Å². The number of thiophene rings is 2. The largest absolute Gasteiger partial charge is 0.354 e. The Morgan fingerprint density at radius 3 is 1.85 bits per heavy atom. The molecule has 339 valence electrons. The third-order valence-corrected chi connectivity index (χ3v) is 19.1. The summed E-state index contributed by atoms with van der Waals surface area (Å²) in [4.78, 5) is 6.79. The molecule has 1 radical (unpaired) electrons. The minimum atomic E-state index is -0.0718. The maximum Gasteiger partial charge on any atom is 0.211 e. The summed E-state index contributed by atoms with van der Waals surface area (Å²) in [5.41, 5.74) is 19.3. The van der Waals surface area contributed by atoms with Gasteiger partial charge in [0, 0.05) is 63.5 Å². The smallest absolute Gasteiger partial charge is 0.211 e. The zero-order chi connectivity index (χ0) is 47.1. The molecule has 5 heteroatoms. The monoisotopic (exact) mass is 913 g/mol. The van der Waals surface area contributed by atoms with Gasteiger partial charge in [0.2, 0.25) is 7.28 Å². The van der Waals surface area contributed by atoms with Crippen LogP contribution in [0.5, 0.6) is 0 Å². The van der Waals surface area contributed by atoms with Crippen molar-refractivity contribution in [3.63, 3.8) is 0 Å². The summed E-state index contributed by atoms with van der Waals surface area (Å²) < 4.78 is 5.39. The second-order valence-electron chi connectivity index (χ2n) is 25.4. The van der Waals surface area contributed by atoms with Gasteiger partial charge < -0.3 is 9.88 Å². The molecule has 0 atom stereocenters. The van der Waals surface area contributed by atoms with Gasteiger partial charge >= 0.3 is 0 Å². The Balaban J connectivity index is 1.23. The van der Waals surface area contributed by atoms with Gasteiger partial charge in [-0.2, -0.15) is 0 Å². The second kappa shape index (κ2) is 13.9. The van der Waals surface area contributed by atoms with Gasteiger partial charge in [0.05, 0.1) is 11.2 Å². The molecule has 0 fully saturated rings. The molecule has 9 aromatic rings. The fraction of sp³-hybridized carbons (Fsp3) is 0.387. The quantitative estimate of drug-likeness (QED) is 0.171. The van der Waals surface area contributed by atoms with E-state index in [1.54, 1.807) is 0 Å². The Morgan fingerprint density at radius 2 is 1.16 bits per heavy atom. The van der Waals surface area contributed by atoms with Gasteiger partial charge in [-0.25, -0.2) is 0 Å². The van der Waals surface area contributed by atoms with E-state index in [2.05, 4.69) is 205 Å². The van der Waals surface area contributed by atoms with E-state index in [1.165, 1.54) is 150 Å². The predicted molar refractivity (Wildman–Crippen MR) is 297 cm³/mol. The Labute approximate surface area is 407 Å². The van der Waals surface area contributed by atoms with E-state index in [1.807, 2.05) is 22.7 Å². The van der Waals surface area contributed by atoms with Crippen LogP contribution in [0.15, 0.2) is 91.0 Å².